The molecule has 1 unspecified atom stereocenters. The van der Waals surface area contributed by atoms with Crippen molar-refractivity contribution in [3.63, 3.8) is 0 Å². The fourth-order valence-electron chi connectivity index (χ4n) is 1.13. The summed E-state index contributed by atoms with van der Waals surface area (Å²) in [5.74, 6) is 0. The summed E-state index contributed by atoms with van der Waals surface area (Å²) in [7, 11) is 1.45. The Labute approximate surface area is 98.7 Å². The largest absolute Gasteiger partial charge is 0.440 e. The van der Waals surface area contributed by atoms with Gasteiger partial charge in [0, 0.05) is 19.7 Å². The third kappa shape index (κ3) is 7.04. The average Bonchev–Trinajstić information content (AvgIpc) is 2.25. The van der Waals surface area contributed by atoms with Crippen molar-refractivity contribution < 1.29 is 27.4 Å². The Hall–Kier alpha value is -0.980. The first-order valence-corrected chi connectivity index (χ1v) is 5.31. The molecular weight excluding hydrogens is 239 g/mol. The number of methoxy groups -OCH3 is 1. The van der Waals surface area contributed by atoms with Gasteiger partial charge in [0.1, 0.15) is 0 Å². The van der Waals surface area contributed by atoms with Gasteiger partial charge in [-0.2, -0.15) is 13.2 Å². The zero-order valence-corrected chi connectivity index (χ0v) is 10.2. The minimum atomic E-state index is -4.50. The smallest absolute Gasteiger partial charge is 0.422 e. The molecule has 17 heavy (non-hydrogen) atoms. The molecule has 0 N–H and O–H groups in total. The summed E-state index contributed by atoms with van der Waals surface area (Å²) < 4.78 is 44.7. The SMILES string of the molecule is CCC(C)N(CCOC)C(=O)OCC(F)(F)F. The highest BCUT2D eigenvalue weighted by molar-refractivity contribution is 5.68. The van der Waals surface area contributed by atoms with Gasteiger partial charge in [0.15, 0.2) is 6.61 Å². The second-order valence-corrected chi connectivity index (χ2v) is 3.61. The topological polar surface area (TPSA) is 38.8 Å². The van der Waals surface area contributed by atoms with Gasteiger partial charge in [0.2, 0.25) is 0 Å². The third-order valence-corrected chi connectivity index (χ3v) is 2.25. The summed E-state index contributed by atoms with van der Waals surface area (Å²) in [4.78, 5) is 12.7. The molecule has 0 fully saturated rings. The molecule has 0 aromatic heterocycles. The fraction of sp³-hybridized carbons (Fsp3) is 0.900. The van der Waals surface area contributed by atoms with E-state index in [1.54, 1.807) is 6.92 Å². The number of rotatable bonds is 6. The molecule has 0 aromatic rings. The van der Waals surface area contributed by atoms with Crippen LogP contribution < -0.4 is 0 Å². The predicted molar refractivity (Wildman–Crippen MR) is 55.7 cm³/mol. The van der Waals surface area contributed by atoms with Gasteiger partial charge in [-0.3, -0.25) is 0 Å². The van der Waals surface area contributed by atoms with E-state index in [2.05, 4.69) is 4.74 Å². The summed E-state index contributed by atoms with van der Waals surface area (Å²) >= 11 is 0. The average molecular weight is 257 g/mol. The van der Waals surface area contributed by atoms with E-state index in [4.69, 9.17) is 4.74 Å². The molecule has 0 aromatic carbocycles. The molecule has 0 aliphatic rings. The lowest BCUT2D eigenvalue weighted by molar-refractivity contribution is -0.163. The van der Waals surface area contributed by atoms with Crippen LogP contribution in [0, 0.1) is 0 Å². The molecule has 102 valence electrons. The van der Waals surface area contributed by atoms with Crippen LogP contribution >= 0.6 is 0 Å². The van der Waals surface area contributed by atoms with Gasteiger partial charge in [-0.15, -0.1) is 0 Å². The standard InChI is InChI=1S/C10H18F3NO3/c1-4-8(2)14(5-6-16-3)9(15)17-7-10(11,12)13/h8H,4-7H2,1-3H3. The van der Waals surface area contributed by atoms with E-state index in [1.165, 1.54) is 12.0 Å². The second kappa shape index (κ2) is 7.37. The molecule has 0 aliphatic carbocycles. The summed E-state index contributed by atoms with van der Waals surface area (Å²) in [5.41, 5.74) is 0. The molecule has 7 heteroatoms. The number of nitrogens with zero attached hydrogens (tertiary/aromatic N) is 1. The predicted octanol–water partition coefficient (Wildman–Crippen LogP) is 2.43. The van der Waals surface area contributed by atoms with Crippen molar-refractivity contribution in [3.8, 4) is 0 Å². The molecule has 0 saturated heterocycles. The molecule has 0 radical (unpaired) electrons. The van der Waals surface area contributed by atoms with E-state index < -0.39 is 18.9 Å². The Morgan fingerprint density at radius 2 is 2.00 bits per heavy atom. The number of carbonyl (C=O) groups excluding carboxylic acids is 1. The highest BCUT2D eigenvalue weighted by Crippen LogP contribution is 2.16. The maximum atomic E-state index is 11.9. The van der Waals surface area contributed by atoms with Crippen LogP contribution in [0.25, 0.3) is 0 Å². The molecular formula is C10H18F3NO3. The quantitative estimate of drug-likeness (QED) is 0.733. The number of hydrogen-bond donors (Lipinski definition) is 0. The molecule has 1 atom stereocenters. The van der Waals surface area contributed by atoms with Crippen molar-refractivity contribution in [1.82, 2.24) is 4.90 Å². The van der Waals surface area contributed by atoms with E-state index >= 15 is 0 Å². The molecule has 0 heterocycles. The maximum absolute atomic E-state index is 11.9. The maximum Gasteiger partial charge on any atom is 0.422 e. The Kier molecular flexibility index (Phi) is 6.94. The zero-order valence-electron chi connectivity index (χ0n) is 10.2. The van der Waals surface area contributed by atoms with Gasteiger partial charge in [-0.1, -0.05) is 6.92 Å². The van der Waals surface area contributed by atoms with Crippen molar-refractivity contribution >= 4 is 6.09 Å². The summed E-state index contributed by atoms with van der Waals surface area (Å²) in [6, 6.07) is -0.189. The number of ether oxygens (including phenoxy) is 2. The third-order valence-electron chi connectivity index (χ3n) is 2.25. The molecule has 0 bridgehead atoms. The van der Waals surface area contributed by atoms with Crippen molar-refractivity contribution in [2.24, 2.45) is 0 Å². The zero-order chi connectivity index (χ0) is 13.5. The van der Waals surface area contributed by atoms with Crippen LogP contribution in [-0.4, -0.2) is 50.1 Å². The van der Waals surface area contributed by atoms with Gasteiger partial charge in [0.25, 0.3) is 0 Å². The van der Waals surface area contributed by atoms with Crippen LogP contribution in [0.15, 0.2) is 0 Å². The Morgan fingerprint density at radius 1 is 1.41 bits per heavy atom. The van der Waals surface area contributed by atoms with Crippen LogP contribution in [-0.2, 0) is 9.47 Å². The fourth-order valence-corrected chi connectivity index (χ4v) is 1.13. The van der Waals surface area contributed by atoms with E-state index in [1.807, 2.05) is 6.92 Å². The van der Waals surface area contributed by atoms with Crippen LogP contribution in [0.1, 0.15) is 20.3 Å². The molecule has 0 spiro atoms. The lowest BCUT2D eigenvalue weighted by Gasteiger charge is -2.27. The van der Waals surface area contributed by atoms with Gasteiger partial charge in [0.05, 0.1) is 6.61 Å². The van der Waals surface area contributed by atoms with Crippen molar-refractivity contribution in [2.45, 2.75) is 32.5 Å². The van der Waals surface area contributed by atoms with Crippen LogP contribution in [0.2, 0.25) is 0 Å². The van der Waals surface area contributed by atoms with Crippen molar-refractivity contribution in [3.05, 3.63) is 0 Å². The Bertz CT molecular complexity index is 233. The van der Waals surface area contributed by atoms with Crippen molar-refractivity contribution in [2.75, 3.05) is 26.9 Å². The number of halogens is 3. The van der Waals surface area contributed by atoms with Crippen molar-refractivity contribution in [1.29, 1.82) is 0 Å². The number of alkyl halides is 3. The van der Waals surface area contributed by atoms with Gasteiger partial charge in [-0.25, -0.2) is 4.79 Å². The molecule has 0 aliphatic heterocycles. The summed E-state index contributed by atoms with van der Waals surface area (Å²) in [6.45, 7) is 2.48. The highest BCUT2D eigenvalue weighted by atomic mass is 19.4. The summed E-state index contributed by atoms with van der Waals surface area (Å²) in [6.07, 6.45) is -4.84. The van der Waals surface area contributed by atoms with E-state index in [0.717, 1.165) is 0 Å². The minimum absolute atomic E-state index is 0.189. The number of carbonyl (C=O) groups is 1. The summed E-state index contributed by atoms with van der Waals surface area (Å²) in [5, 5.41) is 0. The number of hydrogen-bond acceptors (Lipinski definition) is 3. The minimum Gasteiger partial charge on any atom is -0.440 e. The second-order valence-electron chi connectivity index (χ2n) is 3.61. The lowest BCUT2D eigenvalue weighted by atomic mass is 10.2. The lowest BCUT2D eigenvalue weighted by Crippen LogP contribution is -2.42. The molecule has 0 rings (SSSR count). The first kappa shape index (κ1) is 16.0. The van der Waals surface area contributed by atoms with E-state index in [9.17, 15) is 18.0 Å². The normalized spacial score (nSPS) is 13.3. The van der Waals surface area contributed by atoms with E-state index in [0.29, 0.717) is 6.42 Å². The first-order chi connectivity index (χ1) is 7.81. The first-order valence-electron chi connectivity index (χ1n) is 5.31. The van der Waals surface area contributed by atoms with Gasteiger partial charge >= 0.3 is 12.3 Å². The molecule has 4 nitrogen and oxygen atoms in total. The van der Waals surface area contributed by atoms with Gasteiger partial charge < -0.3 is 14.4 Å². The number of amides is 1. The van der Waals surface area contributed by atoms with Gasteiger partial charge in [-0.05, 0) is 13.3 Å². The highest BCUT2D eigenvalue weighted by Gasteiger charge is 2.31. The molecule has 0 saturated carbocycles. The Balaban J connectivity index is 4.32. The van der Waals surface area contributed by atoms with E-state index in [-0.39, 0.29) is 19.2 Å². The van der Waals surface area contributed by atoms with Crippen LogP contribution in [0.5, 0.6) is 0 Å². The van der Waals surface area contributed by atoms with Crippen LogP contribution in [0.3, 0.4) is 0 Å². The monoisotopic (exact) mass is 257 g/mol. The van der Waals surface area contributed by atoms with Crippen LogP contribution in [0.4, 0.5) is 18.0 Å². The Morgan fingerprint density at radius 3 is 2.41 bits per heavy atom. The molecule has 1 amide bonds.